The molecule has 0 aliphatic heterocycles. The van der Waals surface area contributed by atoms with Crippen LogP contribution in [0.5, 0.6) is 0 Å². The minimum atomic E-state index is -0.383. The SMILES string of the molecule is CC(C)c1ccc(-c2nc(-c3cnc[nH]c3=O)no2)c(=O)[nH]1. The van der Waals surface area contributed by atoms with E-state index in [4.69, 9.17) is 4.52 Å². The van der Waals surface area contributed by atoms with E-state index in [9.17, 15) is 9.59 Å². The predicted octanol–water partition coefficient (Wildman–Crippen LogP) is 1.30. The zero-order chi connectivity index (χ0) is 15.7. The third kappa shape index (κ3) is 2.46. The maximum atomic E-state index is 12.1. The molecular formula is C14H13N5O3. The molecule has 0 fully saturated rings. The third-order valence-corrected chi connectivity index (χ3v) is 3.17. The Balaban J connectivity index is 2.03. The average Bonchev–Trinajstić information content (AvgIpc) is 2.97. The van der Waals surface area contributed by atoms with Crippen LogP contribution in [0.15, 0.2) is 38.8 Å². The lowest BCUT2D eigenvalue weighted by Gasteiger charge is -2.04. The maximum absolute atomic E-state index is 12.1. The minimum Gasteiger partial charge on any atom is -0.333 e. The molecular weight excluding hydrogens is 286 g/mol. The molecule has 0 atom stereocenters. The van der Waals surface area contributed by atoms with Crippen molar-refractivity contribution >= 4 is 0 Å². The third-order valence-electron chi connectivity index (χ3n) is 3.17. The molecule has 3 aromatic rings. The van der Waals surface area contributed by atoms with Crippen molar-refractivity contribution < 1.29 is 4.52 Å². The van der Waals surface area contributed by atoms with E-state index in [-0.39, 0.29) is 39.9 Å². The number of aromatic amines is 2. The molecule has 112 valence electrons. The van der Waals surface area contributed by atoms with Gasteiger partial charge in [-0.25, -0.2) is 4.98 Å². The Morgan fingerprint density at radius 1 is 1.14 bits per heavy atom. The first kappa shape index (κ1) is 13.9. The fraction of sp³-hybridized carbons (Fsp3) is 0.214. The monoisotopic (exact) mass is 299 g/mol. The number of rotatable bonds is 3. The number of aromatic nitrogens is 5. The molecule has 0 saturated carbocycles. The van der Waals surface area contributed by atoms with Crippen LogP contribution < -0.4 is 11.1 Å². The molecule has 0 aliphatic rings. The summed E-state index contributed by atoms with van der Waals surface area (Å²) in [6.45, 7) is 3.95. The van der Waals surface area contributed by atoms with Crippen molar-refractivity contribution in [2.75, 3.05) is 0 Å². The van der Waals surface area contributed by atoms with Gasteiger partial charge in [-0.3, -0.25) is 9.59 Å². The largest absolute Gasteiger partial charge is 0.333 e. The lowest BCUT2D eigenvalue weighted by Crippen LogP contribution is -2.12. The Labute approximate surface area is 124 Å². The topological polar surface area (TPSA) is 118 Å². The number of H-pyrrole nitrogens is 2. The molecule has 0 spiro atoms. The second kappa shape index (κ2) is 5.40. The van der Waals surface area contributed by atoms with Crippen LogP contribution in [0.2, 0.25) is 0 Å². The summed E-state index contributed by atoms with van der Waals surface area (Å²) in [7, 11) is 0. The second-order valence-corrected chi connectivity index (χ2v) is 5.03. The van der Waals surface area contributed by atoms with Crippen LogP contribution in [-0.2, 0) is 0 Å². The van der Waals surface area contributed by atoms with Gasteiger partial charge in [0.2, 0.25) is 5.82 Å². The highest BCUT2D eigenvalue weighted by molar-refractivity contribution is 5.57. The molecule has 0 unspecified atom stereocenters. The Bertz CT molecular complexity index is 922. The second-order valence-electron chi connectivity index (χ2n) is 5.03. The molecule has 2 N–H and O–H groups in total. The van der Waals surface area contributed by atoms with Gasteiger partial charge in [0.1, 0.15) is 11.1 Å². The van der Waals surface area contributed by atoms with Gasteiger partial charge in [0.25, 0.3) is 17.0 Å². The molecule has 0 aliphatic carbocycles. The summed E-state index contributed by atoms with van der Waals surface area (Å²) in [4.78, 5) is 36.9. The number of hydrogen-bond acceptors (Lipinski definition) is 6. The van der Waals surface area contributed by atoms with E-state index in [1.807, 2.05) is 13.8 Å². The molecule has 22 heavy (non-hydrogen) atoms. The van der Waals surface area contributed by atoms with E-state index >= 15 is 0 Å². The van der Waals surface area contributed by atoms with Crippen LogP contribution in [0.3, 0.4) is 0 Å². The van der Waals surface area contributed by atoms with Crippen molar-refractivity contribution in [2.24, 2.45) is 0 Å². The van der Waals surface area contributed by atoms with Crippen LogP contribution in [0, 0.1) is 0 Å². The standard InChI is InChI=1S/C14H13N5O3/c1-7(2)10-4-3-8(13(21)17-10)14-18-11(19-22-14)9-5-15-6-16-12(9)20/h3-7H,1-2H3,(H,17,21)(H,15,16,20). The molecule has 0 saturated heterocycles. The van der Waals surface area contributed by atoms with Gasteiger partial charge in [0.15, 0.2) is 0 Å². The summed E-state index contributed by atoms with van der Waals surface area (Å²) in [5, 5.41) is 3.72. The molecule has 0 radical (unpaired) electrons. The Morgan fingerprint density at radius 2 is 1.95 bits per heavy atom. The molecule has 3 aromatic heterocycles. The maximum Gasteiger partial charge on any atom is 0.263 e. The van der Waals surface area contributed by atoms with Gasteiger partial charge in [-0.2, -0.15) is 4.98 Å². The summed E-state index contributed by atoms with van der Waals surface area (Å²) in [5.74, 6) is 0.334. The minimum absolute atomic E-state index is 0.0507. The van der Waals surface area contributed by atoms with Gasteiger partial charge in [-0.05, 0) is 18.1 Å². The molecule has 0 aromatic carbocycles. The van der Waals surface area contributed by atoms with E-state index in [0.717, 1.165) is 5.69 Å². The zero-order valence-electron chi connectivity index (χ0n) is 12.0. The van der Waals surface area contributed by atoms with Gasteiger partial charge >= 0.3 is 0 Å². The predicted molar refractivity (Wildman–Crippen MR) is 78.3 cm³/mol. The summed E-state index contributed by atoms with van der Waals surface area (Å²) in [5.41, 5.74) is 0.543. The van der Waals surface area contributed by atoms with Crippen LogP contribution in [0.4, 0.5) is 0 Å². The molecule has 0 bridgehead atoms. The van der Waals surface area contributed by atoms with Crippen LogP contribution >= 0.6 is 0 Å². The van der Waals surface area contributed by atoms with Crippen molar-refractivity contribution in [1.29, 1.82) is 0 Å². The van der Waals surface area contributed by atoms with Crippen LogP contribution in [0.25, 0.3) is 22.8 Å². The first-order valence-electron chi connectivity index (χ1n) is 6.66. The quantitative estimate of drug-likeness (QED) is 0.752. The van der Waals surface area contributed by atoms with Crippen molar-refractivity contribution in [2.45, 2.75) is 19.8 Å². The van der Waals surface area contributed by atoms with E-state index in [2.05, 4.69) is 25.1 Å². The van der Waals surface area contributed by atoms with E-state index < -0.39 is 0 Å². The number of hydrogen-bond donors (Lipinski definition) is 2. The lowest BCUT2D eigenvalue weighted by molar-refractivity contribution is 0.431. The van der Waals surface area contributed by atoms with E-state index in [0.29, 0.717) is 0 Å². The Hall–Kier alpha value is -3.03. The summed E-state index contributed by atoms with van der Waals surface area (Å²) in [6.07, 6.45) is 2.60. The normalized spacial score (nSPS) is 11.0. The Kier molecular flexibility index (Phi) is 3.42. The van der Waals surface area contributed by atoms with Gasteiger partial charge in [-0.1, -0.05) is 19.0 Å². The highest BCUT2D eigenvalue weighted by Crippen LogP contribution is 2.18. The first-order valence-corrected chi connectivity index (χ1v) is 6.66. The number of nitrogens with zero attached hydrogens (tertiary/aromatic N) is 3. The highest BCUT2D eigenvalue weighted by Gasteiger charge is 2.16. The van der Waals surface area contributed by atoms with Gasteiger partial charge in [0, 0.05) is 11.9 Å². The summed E-state index contributed by atoms with van der Waals surface area (Å²) in [6, 6.07) is 3.42. The molecule has 0 amide bonds. The fourth-order valence-corrected chi connectivity index (χ4v) is 1.94. The number of nitrogens with one attached hydrogen (secondary N) is 2. The highest BCUT2D eigenvalue weighted by atomic mass is 16.5. The van der Waals surface area contributed by atoms with Crippen molar-refractivity contribution in [3.8, 4) is 22.8 Å². The summed E-state index contributed by atoms with van der Waals surface area (Å²) >= 11 is 0. The van der Waals surface area contributed by atoms with Gasteiger partial charge < -0.3 is 14.5 Å². The fourth-order valence-electron chi connectivity index (χ4n) is 1.94. The van der Waals surface area contributed by atoms with Crippen molar-refractivity contribution in [3.63, 3.8) is 0 Å². The zero-order valence-corrected chi connectivity index (χ0v) is 12.0. The average molecular weight is 299 g/mol. The van der Waals surface area contributed by atoms with Gasteiger partial charge in [-0.15, -0.1) is 0 Å². The molecule has 8 heteroatoms. The molecule has 3 heterocycles. The molecule has 3 rings (SSSR count). The van der Waals surface area contributed by atoms with Crippen molar-refractivity contribution in [3.05, 3.63) is 51.1 Å². The Morgan fingerprint density at radius 3 is 2.64 bits per heavy atom. The van der Waals surface area contributed by atoms with Crippen LogP contribution in [-0.4, -0.2) is 25.1 Å². The molecule has 8 nitrogen and oxygen atoms in total. The first-order chi connectivity index (χ1) is 10.6. The smallest absolute Gasteiger partial charge is 0.263 e. The lowest BCUT2D eigenvalue weighted by atomic mass is 10.1. The number of pyridine rings is 1. The van der Waals surface area contributed by atoms with Crippen LogP contribution in [0.1, 0.15) is 25.5 Å². The summed E-state index contributed by atoms with van der Waals surface area (Å²) < 4.78 is 5.08. The van der Waals surface area contributed by atoms with E-state index in [1.165, 1.54) is 12.5 Å². The van der Waals surface area contributed by atoms with Crippen molar-refractivity contribution in [1.82, 2.24) is 25.1 Å². The van der Waals surface area contributed by atoms with E-state index in [1.54, 1.807) is 12.1 Å². The van der Waals surface area contributed by atoms with Gasteiger partial charge in [0.05, 0.1) is 6.33 Å².